The number of benzene rings is 4. The van der Waals surface area contributed by atoms with Crippen molar-refractivity contribution in [3.63, 3.8) is 0 Å². The van der Waals surface area contributed by atoms with Gasteiger partial charge in [-0.1, -0.05) is 0 Å². The van der Waals surface area contributed by atoms with E-state index in [4.69, 9.17) is 0 Å². The zero-order valence-electron chi connectivity index (χ0n) is 18.4. The summed E-state index contributed by atoms with van der Waals surface area (Å²) in [5.41, 5.74) is 2.39. The fourth-order valence-electron chi connectivity index (χ4n) is 6.53. The number of fused-ring (bicyclic) bond motifs is 3. The average Bonchev–Trinajstić information content (AvgIpc) is 2.90. The molecule has 0 radical (unpaired) electrons. The van der Waals surface area contributed by atoms with Gasteiger partial charge in [0.25, 0.3) is 0 Å². The molecule has 4 aromatic rings. The first kappa shape index (κ1) is 20.4. The van der Waals surface area contributed by atoms with Gasteiger partial charge in [0.15, 0.2) is 0 Å². The number of hydrogen-bond donors (Lipinski definition) is 0. The first-order valence-corrected chi connectivity index (χ1v) is 16.1. The van der Waals surface area contributed by atoms with E-state index < -0.39 is 6.29 Å². The van der Waals surface area contributed by atoms with Crippen LogP contribution in [0.4, 0.5) is 0 Å². The van der Waals surface area contributed by atoms with Crippen LogP contribution in [0.2, 0.25) is 0 Å². The molecule has 1 fully saturated rings. The van der Waals surface area contributed by atoms with Crippen molar-refractivity contribution in [2.24, 2.45) is 0 Å². The van der Waals surface area contributed by atoms with Crippen LogP contribution in [-0.2, 0) is 0 Å². The third-order valence-corrected chi connectivity index (χ3v) is 20.3. The van der Waals surface area contributed by atoms with E-state index in [1.54, 1.807) is 10.9 Å². The molecule has 4 aromatic carbocycles. The van der Waals surface area contributed by atoms with Crippen LogP contribution in [0.5, 0.6) is 0 Å². The molecule has 1 heterocycles. The van der Waals surface area contributed by atoms with Crippen molar-refractivity contribution in [2.45, 2.75) is 37.3 Å². The van der Waals surface area contributed by atoms with Gasteiger partial charge in [-0.2, -0.15) is 0 Å². The molecule has 0 nitrogen and oxygen atoms in total. The zero-order valence-corrected chi connectivity index (χ0v) is 20.3. The molecule has 2 heteroatoms. The van der Waals surface area contributed by atoms with Crippen LogP contribution in [0.25, 0.3) is 0 Å². The Morgan fingerprint density at radius 3 is 1.56 bits per heavy atom. The van der Waals surface area contributed by atoms with E-state index in [0.29, 0.717) is 5.92 Å². The SMILES string of the molecule is c1ccc(P2(c3ccccc3)(c3ccccc3)PC3CCCCC3c3ccccc32)cc1. The van der Waals surface area contributed by atoms with Crippen molar-refractivity contribution in [2.75, 3.05) is 0 Å². The summed E-state index contributed by atoms with van der Waals surface area (Å²) in [4.78, 5) is 0. The Hall–Kier alpha value is -2.26. The summed E-state index contributed by atoms with van der Waals surface area (Å²) < 4.78 is 0. The Kier molecular flexibility index (Phi) is 5.06. The van der Waals surface area contributed by atoms with E-state index in [1.807, 2.05) is 0 Å². The first-order valence-electron chi connectivity index (χ1n) is 11.9. The standard InChI is InChI=1S/C30H30P2/c1-4-14-24(15-5-1)32(25-16-6-2-7-17-25,26-18-8-3-9-19-26)30-23-13-11-21-28(30)27-20-10-12-22-29(27)31-32/h1-9,11,13-19,21,23,27,29,31H,10,12,20,22H2. The van der Waals surface area contributed by atoms with Gasteiger partial charge in [-0.3, -0.25) is 0 Å². The molecule has 2 aliphatic rings. The van der Waals surface area contributed by atoms with Crippen molar-refractivity contribution < 1.29 is 0 Å². The second-order valence-corrected chi connectivity index (χ2v) is 18.0. The van der Waals surface area contributed by atoms with E-state index in [-0.39, 0.29) is 0 Å². The van der Waals surface area contributed by atoms with Gasteiger partial charge in [-0.25, -0.2) is 0 Å². The van der Waals surface area contributed by atoms with Gasteiger partial charge in [0, 0.05) is 0 Å². The normalized spacial score (nSPS) is 25.1. The predicted molar refractivity (Wildman–Crippen MR) is 145 cm³/mol. The molecule has 3 atom stereocenters. The first-order chi connectivity index (χ1) is 15.8. The minimum absolute atomic E-state index is 0.713. The van der Waals surface area contributed by atoms with Gasteiger partial charge < -0.3 is 0 Å². The summed E-state index contributed by atoms with van der Waals surface area (Å²) in [6.45, 7) is 0. The third-order valence-electron chi connectivity index (χ3n) is 7.83. The van der Waals surface area contributed by atoms with Crippen LogP contribution in [0, 0.1) is 0 Å². The van der Waals surface area contributed by atoms with E-state index >= 15 is 0 Å². The molecule has 32 heavy (non-hydrogen) atoms. The molecular weight excluding hydrogens is 422 g/mol. The molecular formula is C30H30P2. The molecule has 0 saturated heterocycles. The topological polar surface area (TPSA) is 0 Å². The Morgan fingerprint density at radius 2 is 1.00 bits per heavy atom. The van der Waals surface area contributed by atoms with Crippen molar-refractivity contribution in [1.82, 2.24) is 0 Å². The van der Waals surface area contributed by atoms with Crippen LogP contribution in [0.1, 0.15) is 37.2 Å². The second kappa shape index (κ2) is 7.95. The molecule has 6 rings (SSSR count). The van der Waals surface area contributed by atoms with Crippen molar-refractivity contribution in [3.05, 3.63) is 121 Å². The quantitative estimate of drug-likeness (QED) is 0.312. The molecule has 0 N–H and O–H groups in total. The van der Waals surface area contributed by atoms with Crippen LogP contribution >= 0.6 is 14.6 Å². The van der Waals surface area contributed by atoms with Crippen molar-refractivity contribution >= 4 is 35.8 Å². The summed E-state index contributed by atoms with van der Waals surface area (Å²) in [5.74, 6) is 0.713. The molecule has 0 spiro atoms. The molecule has 0 amide bonds. The molecule has 1 aliphatic carbocycles. The summed E-state index contributed by atoms with van der Waals surface area (Å²) >= 11 is 0. The fraction of sp³-hybridized carbons (Fsp3) is 0.200. The molecule has 1 saturated carbocycles. The number of rotatable bonds is 3. The van der Waals surface area contributed by atoms with Crippen molar-refractivity contribution in [3.8, 4) is 0 Å². The van der Waals surface area contributed by atoms with Gasteiger partial charge in [-0.05, 0) is 0 Å². The second-order valence-electron chi connectivity index (χ2n) is 9.31. The maximum atomic E-state index is 2.50. The van der Waals surface area contributed by atoms with Gasteiger partial charge in [0.1, 0.15) is 0 Å². The van der Waals surface area contributed by atoms with Gasteiger partial charge in [0.2, 0.25) is 0 Å². The van der Waals surface area contributed by atoms with Gasteiger partial charge in [-0.15, -0.1) is 0 Å². The van der Waals surface area contributed by atoms with Gasteiger partial charge >= 0.3 is 194 Å². The maximum absolute atomic E-state index is 2.89. The molecule has 3 unspecified atom stereocenters. The van der Waals surface area contributed by atoms with Crippen LogP contribution in [0.3, 0.4) is 0 Å². The third kappa shape index (κ3) is 2.70. The fourth-order valence-corrected chi connectivity index (χ4v) is 20.4. The summed E-state index contributed by atoms with van der Waals surface area (Å²) in [5, 5.41) is 6.23. The van der Waals surface area contributed by atoms with Gasteiger partial charge in [0.05, 0.1) is 0 Å². The minimum atomic E-state index is -2.89. The molecule has 0 aromatic heterocycles. The molecule has 0 bridgehead atoms. The van der Waals surface area contributed by atoms with E-state index in [1.165, 1.54) is 41.6 Å². The summed E-state index contributed by atoms with van der Waals surface area (Å²) in [6.07, 6.45) is 2.57. The average molecular weight is 453 g/mol. The molecule has 160 valence electrons. The van der Waals surface area contributed by atoms with E-state index in [0.717, 1.165) is 13.9 Å². The van der Waals surface area contributed by atoms with E-state index in [2.05, 4.69) is 115 Å². The Labute approximate surface area is 193 Å². The zero-order chi connectivity index (χ0) is 21.5. The monoisotopic (exact) mass is 452 g/mol. The Bertz CT molecular complexity index is 1120. The Balaban J connectivity index is 1.85. The predicted octanol–water partition coefficient (Wildman–Crippen LogP) is 6.48. The number of hydrogen-bond acceptors (Lipinski definition) is 0. The van der Waals surface area contributed by atoms with Crippen LogP contribution in [0.15, 0.2) is 115 Å². The van der Waals surface area contributed by atoms with E-state index in [9.17, 15) is 0 Å². The summed E-state index contributed by atoms with van der Waals surface area (Å²) in [7, 11) is 0.893. The van der Waals surface area contributed by atoms with Crippen LogP contribution < -0.4 is 21.2 Å². The Morgan fingerprint density at radius 1 is 0.531 bits per heavy atom. The molecule has 1 aliphatic heterocycles. The van der Waals surface area contributed by atoms with Crippen LogP contribution in [-0.4, -0.2) is 5.66 Å². The van der Waals surface area contributed by atoms with Crippen molar-refractivity contribution in [1.29, 1.82) is 0 Å². The summed E-state index contributed by atoms with van der Waals surface area (Å²) in [6, 6.07) is 44.2.